The molecule has 2 amide bonds. The molecule has 4 saturated heterocycles. The number of piperazine rings is 2. The largest absolute Gasteiger partial charge is 0.491 e. The van der Waals surface area contributed by atoms with Gasteiger partial charge in [0, 0.05) is 141 Å². The predicted octanol–water partition coefficient (Wildman–Crippen LogP) is 7.32. The van der Waals surface area contributed by atoms with E-state index in [0.29, 0.717) is 52.6 Å². The second kappa shape index (κ2) is 25.8. The number of fused-ring (bicyclic) bond motifs is 2. The lowest BCUT2D eigenvalue weighted by Crippen LogP contribution is -2.61. The number of hydrogen-bond acceptors (Lipinski definition) is 14. The Labute approximate surface area is 501 Å². The molecule has 18 heteroatoms. The summed E-state index contributed by atoms with van der Waals surface area (Å²) >= 11 is 7.10. The van der Waals surface area contributed by atoms with E-state index in [2.05, 4.69) is 164 Å². The third kappa shape index (κ3) is 14.4. The summed E-state index contributed by atoms with van der Waals surface area (Å²) in [4.78, 5) is 52.4. The molecule has 11 rings (SSSR count). The monoisotopic (exact) mass is 1240 g/mol. The molecule has 4 fully saturated rings. The van der Waals surface area contributed by atoms with Crippen molar-refractivity contribution in [3.63, 3.8) is 0 Å². The number of benzene rings is 3. The number of anilines is 2. The molecule has 0 bridgehead atoms. The van der Waals surface area contributed by atoms with Crippen molar-refractivity contribution in [2.24, 2.45) is 0 Å². The molecule has 2 N–H and O–H groups in total. The van der Waals surface area contributed by atoms with Crippen LogP contribution in [-0.4, -0.2) is 196 Å². The van der Waals surface area contributed by atoms with Gasteiger partial charge in [0.2, 0.25) is 11.8 Å². The van der Waals surface area contributed by atoms with Gasteiger partial charge in [0.15, 0.2) is 0 Å². The number of nitrogens with zero attached hydrogens (tertiary/aromatic N) is 8. The van der Waals surface area contributed by atoms with Gasteiger partial charge in [-0.05, 0) is 97.5 Å². The Balaban J connectivity index is 0.644. The van der Waals surface area contributed by atoms with Gasteiger partial charge in [-0.2, -0.15) is 0 Å². The smallest absolute Gasteiger partial charge is 0.241 e. The highest BCUT2D eigenvalue weighted by molar-refractivity contribution is 9.10. The minimum atomic E-state index is -0.237. The van der Waals surface area contributed by atoms with Crippen molar-refractivity contribution >= 4 is 55.0 Å². The van der Waals surface area contributed by atoms with Gasteiger partial charge in [-0.3, -0.25) is 39.2 Å². The lowest BCUT2D eigenvalue weighted by atomic mass is 9.91. The molecule has 6 aliphatic rings. The maximum absolute atomic E-state index is 14.4. The van der Waals surface area contributed by atoms with Gasteiger partial charge in [-0.1, -0.05) is 89.9 Å². The Kier molecular flexibility index (Phi) is 18.5. The van der Waals surface area contributed by atoms with Crippen LogP contribution in [0.25, 0.3) is 0 Å². The van der Waals surface area contributed by atoms with Gasteiger partial charge in [0.05, 0.1) is 49.1 Å². The normalized spacial score (nSPS) is 25.0. The molecular formula is C64H82Br2N10O6. The zero-order valence-corrected chi connectivity index (χ0v) is 51.8. The zero-order valence-electron chi connectivity index (χ0n) is 48.6. The average molecular weight is 1250 g/mol. The molecule has 0 spiro atoms. The molecular weight excluding hydrogens is 1160 g/mol. The number of halogens is 2. The van der Waals surface area contributed by atoms with Crippen molar-refractivity contribution in [2.45, 2.75) is 102 Å². The summed E-state index contributed by atoms with van der Waals surface area (Å²) < 4.78 is 27.4. The highest BCUT2D eigenvalue weighted by Gasteiger charge is 2.43. The summed E-state index contributed by atoms with van der Waals surface area (Å²) in [5.41, 5.74) is 8.00. The fourth-order valence-electron chi connectivity index (χ4n) is 12.9. The molecule has 16 nitrogen and oxygen atoms in total. The summed E-state index contributed by atoms with van der Waals surface area (Å²) in [5.74, 6) is 1.70. The third-order valence-corrected chi connectivity index (χ3v) is 18.3. The van der Waals surface area contributed by atoms with Crippen LogP contribution in [0.4, 0.5) is 11.4 Å². The second-order valence-corrected chi connectivity index (χ2v) is 27.0. The Morgan fingerprint density at radius 2 is 1.02 bits per heavy atom. The Morgan fingerprint density at radius 1 is 0.598 bits per heavy atom. The molecule has 6 aliphatic heterocycles. The number of carbonyl (C=O) groups excluding carboxylic acids is 2. The molecule has 5 aromatic rings. The van der Waals surface area contributed by atoms with Crippen LogP contribution in [0.1, 0.15) is 75.2 Å². The number of hydrogen-bond donors (Lipinski definition) is 2. The van der Waals surface area contributed by atoms with Crippen molar-refractivity contribution in [3.8, 4) is 11.5 Å². The van der Waals surface area contributed by atoms with Crippen LogP contribution >= 0.6 is 31.9 Å². The summed E-state index contributed by atoms with van der Waals surface area (Å²) in [6, 6.07) is 29.9. The summed E-state index contributed by atoms with van der Waals surface area (Å²) in [7, 11) is 0. The lowest BCUT2D eigenvalue weighted by Gasteiger charge is -2.43. The van der Waals surface area contributed by atoms with E-state index in [4.69, 9.17) is 28.9 Å². The van der Waals surface area contributed by atoms with E-state index >= 15 is 0 Å². The number of morpholine rings is 2. The number of nitrogens with one attached hydrogen (secondary N) is 2. The molecule has 3 aromatic carbocycles. The Morgan fingerprint density at radius 3 is 1.45 bits per heavy atom. The fraction of sp³-hybridized carbons (Fsp3) is 0.531. The standard InChI is InChI=1S/C64H82Br2N10O6/c1-43-31-73(37-59(77)75-41-63(3,4)61-57(75)24-47(27-69-61)22-45-10-14-49(65)15-11-45)51(29-67-43)33-71-18-20-79-55(35-71)39-81-53-8-7-9-54(26-53)82-40-56-36-72(19-21-80-56)34-52-30-68-44(2)32-74(52)38-60(78)76-42-64(5,6)62-58(76)25-48(28-70-62)23-46-12-16-50(66)17-13-46/h7-17,24-28,43-44,51-52,55-56,67-68H,18-23,29-42H2,1-6H3/t43-,44-,51-,52-,55+,56+/m1/s1. The maximum Gasteiger partial charge on any atom is 0.241 e. The lowest BCUT2D eigenvalue weighted by molar-refractivity contribution is -0.121. The minimum Gasteiger partial charge on any atom is -0.491 e. The number of carbonyl (C=O) groups is 2. The molecule has 438 valence electrons. The van der Waals surface area contributed by atoms with Gasteiger partial charge in [-0.25, -0.2) is 0 Å². The number of ether oxygens (including phenoxy) is 4. The Hall–Kier alpha value is -4.86. The van der Waals surface area contributed by atoms with E-state index in [9.17, 15) is 9.59 Å². The van der Waals surface area contributed by atoms with E-state index in [1.165, 1.54) is 11.1 Å². The van der Waals surface area contributed by atoms with Crippen molar-refractivity contribution < 1.29 is 28.5 Å². The molecule has 8 heterocycles. The van der Waals surface area contributed by atoms with Crippen LogP contribution in [0, 0.1) is 0 Å². The number of rotatable bonds is 18. The van der Waals surface area contributed by atoms with Crippen LogP contribution in [0.15, 0.2) is 106 Å². The summed E-state index contributed by atoms with van der Waals surface area (Å²) in [5, 5.41) is 7.39. The van der Waals surface area contributed by atoms with Gasteiger partial charge >= 0.3 is 0 Å². The van der Waals surface area contributed by atoms with Crippen molar-refractivity contribution in [1.29, 1.82) is 0 Å². The molecule has 2 aromatic heterocycles. The quantitative estimate of drug-likeness (QED) is 0.0906. The second-order valence-electron chi connectivity index (χ2n) is 25.1. The molecule has 0 radical (unpaired) electrons. The number of aromatic nitrogens is 2. The van der Waals surface area contributed by atoms with Crippen molar-refractivity contribution in [3.05, 3.63) is 140 Å². The first-order chi connectivity index (χ1) is 39.5. The van der Waals surface area contributed by atoms with Gasteiger partial charge < -0.3 is 39.4 Å². The first-order valence-electron chi connectivity index (χ1n) is 29.5. The SMILES string of the molecule is C[C@@H]1CN(CC(=O)N2CC(C)(C)c3ncc(Cc4ccc(Br)cc4)cc32)[C@@H](CN2CCO[C@H](COc3cccc(OC[C@@H]4CN(C[C@H]5CN[C@H](C)CN5CC(=O)N5CC(C)(C)c6ncc(Cc7ccc(Br)cc7)cc65)CCO4)c3)C2)CN1. The summed E-state index contributed by atoms with van der Waals surface area (Å²) in [6.07, 6.45) is 5.26. The van der Waals surface area contributed by atoms with Crippen molar-refractivity contribution in [2.75, 3.05) is 128 Å². The van der Waals surface area contributed by atoms with Crippen LogP contribution in [0.2, 0.25) is 0 Å². The summed E-state index contributed by atoms with van der Waals surface area (Å²) in [6.45, 7) is 25.1. The molecule has 0 saturated carbocycles. The first kappa shape index (κ1) is 58.9. The van der Waals surface area contributed by atoms with Crippen molar-refractivity contribution in [1.82, 2.24) is 40.2 Å². The fourth-order valence-corrected chi connectivity index (χ4v) is 13.4. The van der Waals surface area contributed by atoms with E-state index in [1.807, 2.05) is 46.5 Å². The van der Waals surface area contributed by atoms with E-state index in [1.54, 1.807) is 0 Å². The molecule has 6 atom stereocenters. The predicted molar refractivity (Wildman–Crippen MR) is 329 cm³/mol. The highest BCUT2D eigenvalue weighted by Crippen LogP contribution is 2.41. The van der Waals surface area contributed by atoms with Gasteiger partial charge in [-0.15, -0.1) is 0 Å². The molecule has 82 heavy (non-hydrogen) atoms. The van der Waals surface area contributed by atoms with Crippen LogP contribution < -0.4 is 29.9 Å². The topological polar surface area (TPSA) is 140 Å². The number of amides is 2. The minimum absolute atomic E-state index is 0.104. The van der Waals surface area contributed by atoms with E-state index in [0.717, 1.165) is 133 Å². The first-order valence-corrected chi connectivity index (χ1v) is 31.1. The third-order valence-electron chi connectivity index (χ3n) is 17.3. The van der Waals surface area contributed by atoms with E-state index < -0.39 is 0 Å². The number of pyridine rings is 2. The molecule has 0 aliphatic carbocycles. The average Bonchev–Trinajstić information content (AvgIpc) is 4.16. The highest BCUT2D eigenvalue weighted by atomic mass is 79.9. The zero-order chi connectivity index (χ0) is 57.1. The molecule has 0 unspecified atom stereocenters. The van der Waals surface area contributed by atoms with Crippen LogP contribution in [0.5, 0.6) is 11.5 Å². The van der Waals surface area contributed by atoms with Gasteiger partial charge in [0.25, 0.3) is 0 Å². The van der Waals surface area contributed by atoms with Crippen LogP contribution in [-0.2, 0) is 42.7 Å². The van der Waals surface area contributed by atoms with Gasteiger partial charge in [0.1, 0.15) is 36.9 Å². The Bertz CT molecular complexity index is 2830. The van der Waals surface area contributed by atoms with Crippen LogP contribution in [0.3, 0.4) is 0 Å². The van der Waals surface area contributed by atoms with E-state index in [-0.39, 0.29) is 59.0 Å². The maximum atomic E-state index is 14.4.